The topological polar surface area (TPSA) is 58.4 Å². The van der Waals surface area contributed by atoms with Crippen molar-refractivity contribution < 1.29 is 22.4 Å². The van der Waals surface area contributed by atoms with E-state index in [0.29, 0.717) is 23.7 Å². The molecule has 0 unspecified atom stereocenters. The second-order valence-corrected chi connectivity index (χ2v) is 8.64. The van der Waals surface area contributed by atoms with Crippen LogP contribution in [0.25, 0.3) is 0 Å². The average molecular weight is 514 g/mol. The second-order valence-electron chi connectivity index (χ2n) is 8.23. The lowest BCUT2D eigenvalue weighted by molar-refractivity contribution is -0.137. The Hall–Kier alpha value is -3.62. The summed E-state index contributed by atoms with van der Waals surface area (Å²) in [5.41, 5.74) is 1.63. The fourth-order valence-corrected chi connectivity index (χ4v) is 3.88. The number of aromatic nitrogens is 1. The molecule has 1 N–H and O–H groups in total. The lowest BCUT2D eigenvalue weighted by Crippen LogP contribution is -2.24. The standard InChI is InChI=1S/C27H23ClF3N3O2/c28-23-12-5-4-10-21(23)16-34(15-20-9-6-11-22(13-20)27(29,30)31)17-25-33-24(18-36-25)26(35)32-14-19-7-2-1-3-8-19/h1-13,18H,14-17H2,(H,32,35). The molecule has 9 heteroatoms. The van der Waals surface area contributed by atoms with Crippen LogP contribution in [0.5, 0.6) is 0 Å². The molecule has 4 aromatic rings. The number of carbonyl (C=O) groups excluding carboxylic acids is 1. The number of halogens is 4. The van der Waals surface area contributed by atoms with Crippen molar-refractivity contribution in [1.82, 2.24) is 15.2 Å². The van der Waals surface area contributed by atoms with E-state index in [4.69, 9.17) is 16.0 Å². The van der Waals surface area contributed by atoms with Crippen LogP contribution in [-0.4, -0.2) is 15.8 Å². The first kappa shape index (κ1) is 25.5. The highest BCUT2D eigenvalue weighted by molar-refractivity contribution is 6.31. The van der Waals surface area contributed by atoms with Gasteiger partial charge in [0.1, 0.15) is 6.26 Å². The van der Waals surface area contributed by atoms with Gasteiger partial charge in [0.25, 0.3) is 5.91 Å². The monoisotopic (exact) mass is 513 g/mol. The minimum absolute atomic E-state index is 0.123. The van der Waals surface area contributed by atoms with Crippen molar-refractivity contribution in [2.24, 2.45) is 0 Å². The molecule has 36 heavy (non-hydrogen) atoms. The van der Waals surface area contributed by atoms with Crippen LogP contribution in [-0.2, 0) is 32.4 Å². The molecule has 0 bridgehead atoms. The van der Waals surface area contributed by atoms with Crippen molar-refractivity contribution in [3.63, 3.8) is 0 Å². The number of nitrogens with one attached hydrogen (secondary N) is 1. The summed E-state index contributed by atoms with van der Waals surface area (Å²) in [6, 6.07) is 21.9. The Morgan fingerprint density at radius 3 is 2.39 bits per heavy atom. The molecule has 4 rings (SSSR count). The largest absolute Gasteiger partial charge is 0.447 e. The zero-order valence-electron chi connectivity index (χ0n) is 19.1. The molecule has 0 saturated carbocycles. The molecule has 0 spiro atoms. The Balaban J connectivity index is 1.49. The zero-order chi connectivity index (χ0) is 25.5. The summed E-state index contributed by atoms with van der Waals surface area (Å²) in [6.07, 6.45) is -3.16. The van der Waals surface area contributed by atoms with Gasteiger partial charge in [0.2, 0.25) is 5.89 Å². The molecule has 5 nitrogen and oxygen atoms in total. The Morgan fingerprint density at radius 2 is 1.64 bits per heavy atom. The van der Waals surface area contributed by atoms with Gasteiger partial charge in [-0.3, -0.25) is 9.69 Å². The van der Waals surface area contributed by atoms with Crippen LogP contribution in [0.1, 0.15) is 38.6 Å². The van der Waals surface area contributed by atoms with Crippen LogP contribution >= 0.6 is 11.6 Å². The van der Waals surface area contributed by atoms with E-state index in [1.54, 1.807) is 18.2 Å². The highest BCUT2D eigenvalue weighted by Gasteiger charge is 2.30. The van der Waals surface area contributed by atoms with Crippen LogP contribution in [0.2, 0.25) is 5.02 Å². The number of hydrogen-bond acceptors (Lipinski definition) is 4. The number of alkyl halides is 3. The molecule has 0 aliphatic rings. The van der Waals surface area contributed by atoms with Crippen molar-refractivity contribution in [2.45, 2.75) is 32.4 Å². The maximum Gasteiger partial charge on any atom is 0.416 e. The van der Waals surface area contributed by atoms with Crippen molar-refractivity contribution in [1.29, 1.82) is 0 Å². The molecule has 0 atom stereocenters. The summed E-state index contributed by atoms with van der Waals surface area (Å²) in [4.78, 5) is 18.7. The van der Waals surface area contributed by atoms with Crippen molar-refractivity contribution in [3.8, 4) is 0 Å². The number of carbonyl (C=O) groups is 1. The van der Waals surface area contributed by atoms with Gasteiger partial charge in [-0.1, -0.05) is 78.3 Å². The predicted molar refractivity (Wildman–Crippen MR) is 130 cm³/mol. The first-order valence-corrected chi connectivity index (χ1v) is 11.5. The first-order chi connectivity index (χ1) is 17.3. The summed E-state index contributed by atoms with van der Waals surface area (Å²) in [6.45, 7) is 1.03. The van der Waals surface area contributed by atoms with Gasteiger partial charge in [0.05, 0.1) is 12.1 Å². The number of benzene rings is 3. The summed E-state index contributed by atoms with van der Waals surface area (Å²) in [7, 11) is 0. The minimum Gasteiger partial charge on any atom is -0.447 e. The van der Waals surface area contributed by atoms with Crippen LogP contribution < -0.4 is 5.32 Å². The van der Waals surface area contributed by atoms with E-state index in [-0.39, 0.29) is 30.6 Å². The lowest BCUT2D eigenvalue weighted by atomic mass is 10.1. The molecular formula is C27H23ClF3N3O2. The number of amides is 1. The molecule has 186 valence electrons. The van der Waals surface area contributed by atoms with E-state index in [2.05, 4.69) is 10.3 Å². The first-order valence-electron chi connectivity index (χ1n) is 11.2. The fourth-order valence-electron chi connectivity index (χ4n) is 3.69. The second kappa shape index (κ2) is 11.4. The van der Waals surface area contributed by atoms with Gasteiger partial charge >= 0.3 is 6.18 Å². The maximum absolute atomic E-state index is 13.2. The van der Waals surface area contributed by atoms with Gasteiger partial charge in [-0.2, -0.15) is 13.2 Å². The molecule has 1 aromatic heterocycles. The van der Waals surface area contributed by atoms with E-state index in [1.807, 2.05) is 47.4 Å². The van der Waals surface area contributed by atoms with E-state index in [0.717, 1.165) is 23.3 Å². The van der Waals surface area contributed by atoms with Gasteiger partial charge in [0, 0.05) is 24.7 Å². The Labute approximate surface area is 211 Å². The summed E-state index contributed by atoms with van der Waals surface area (Å²) in [5, 5.41) is 3.33. The van der Waals surface area contributed by atoms with Crippen LogP contribution in [0.3, 0.4) is 0 Å². The van der Waals surface area contributed by atoms with E-state index >= 15 is 0 Å². The van der Waals surface area contributed by atoms with Crippen molar-refractivity contribution >= 4 is 17.5 Å². The quantitative estimate of drug-likeness (QED) is 0.278. The lowest BCUT2D eigenvalue weighted by Gasteiger charge is -2.22. The summed E-state index contributed by atoms with van der Waals surface area (Å²) in [5.74, 6) is -0.122. The normalized spacial score (nSPS) is 11.6. The Bertz CT molecular complexity index is 1310. The van der Waals surface area contributed by atoms with Gasteiger partial charge in [0.15, 0.2) is 5.69 Å². The van der Waals surface area contributed by atoms with Crippen LogP contribution in [0, 0.1) is 0 Å². The molecular weight excluding hydrogens is 491 g/mol. The molecule has 0 aliphatic carbocycles. The smallest absolute Gasteiger partial charge is 0.416 e. The van der Waals surface area contributed by atoms with Gasteiger partial charge in [-0.25, -0.2) is 4.98 Å². The van der Waals surface area contributed by atoms with E-state index in [9.17, 15) is 18.0 Å². The van der Waals surface area contributed by atoms with E-state index in [1.165, 1.54) is 12.3 Å². The van der Waals surface area contributed by atoms with Crippen molar-refractivity contribution in [3.05, 3.63) is 124 Å². The number of nitrogens with zero attached hydrogens (tertiary/aromatic N) is 2. The number of rotatable bonds is 9. The molecule has 3 aromatic carbocycles. The molecule has 0 aliphatic heterocycles. The molecule has 0 radical (unpaired) electrons. The van der Waals surface area contributed by atoms with Crippen LogP contribution in [0.4, 0.5) is 13.2 Å². The summed E-state index contributed by atoms with van der Waals surface area (Å²) >= 11 is 6.32. The number of oxazole rings is 1. The highest BCUT2D eigenvalue weighted by atomic mass is 35.5. The highest BCUT2D eigenvalue weighted by Crippen LogP contribution is 2.30. The average Bonchev–Trinajstić information content (AvgIpc) is 3.33. The summed E-state index contributed by atoms with van der Waals surface area (Å²) < 4.78 is 45.1. The van der Waals surface area contributed by atoms with Gasteiger partial charge < -0.3 is 9.73 Å². The van der Waals surface area contributed by atoms with Gasteiger partial charge in [-0.05, 0) is 28.8 Å². The molecule has 0 saturated heterocycles. The fraction of sp³-hybridized carbons (Fsp3) is 0.185. The van der Waals surface area contributed by atoms with Gasteiger partial charge in [-0.15, -0.1) is 0 Å². The SMILES string of the molecule is O=C(NCc1ccccc1)c1coc(CN(Cc2cccc(C(F)(F)F)c2)Cc2ccccc2Cl)n1. The zero-order valence-corrected chi connectivity index (χ0v) is 19.9. The predicted octanol–water partition coefficient (Wildman–Crippen LogP) is 6.48. The van der Waals surface area contributed by atoms with Crippen LogP contribution in [0.15, 0.2) is 89.5 Å². The molecule has 1 heterocycles. The minimum atomic E-state index is -4.44. The molecule has 0 fully saturated rings. The third-order valence-corrected chi connectivity index (χ3v) is 5.82. The third-order valence-electron chi connectivity index (χ3n) is 5.45. The van der Waals surface area contributed by atoms with E-state index < -0.39 is 11.7 Å². The van der Waals surface area contributed by atoms with Crippen molar-refractivity contribution in [2.75, 3.05) is 0 Å². The maximum atomic E-state index is 13.2. The Kier molecular flexibility index (Phi) is 8.07. The molecule has 1 amide bonds. The number of hydrogen-bond donors (Lipinski definition) is 1. The Morgan fingerprint density at radius 1 is 0.917 bits per heavy atom. The third kappa shape index (κ3) is 6.96.